The Labute approximate surface area is 157 Å². The van der Waals surface area contributed by atoms with E-state index < -0.39 is 10.0 Å². The average molecular weight is 383 g/mol. The Morgan fingerprint density at radius 2 is 2.04 bits per heavy atom. The van der Waals surface area contributed by atoms with Crippen LogP contribution in [-0.2, 0) is 19.6 Å². The molecule has 0 spiro atoms. The molecule has 146 valence electrons. The molecule has 2 atom stereocenters. The summed E-state index contributed by atoms with van der Waals surface area (Å²) in [5.41, 5.74) is 1.23. The molecule has 1 amide bonds. The van der Waals surface area contributed by atoms with Crippen LogP contribution in [0.15, 0.2) is 30.3 Å². The van der Waals surface area contributed by atoms with E-state index in [0.717, 1.165) is 19.3 Å². The van der Waals surface area contributed by atoms with Crippen molar-refractivity contribution in [2.75, 3.05) is 32.1 Å². The van der Waals surface area contributed by atoms with Gasteiger partial charge in [-0.2, -0.15) is 0 Å². The third kappa shape index (κ3) is 5.79. The van der Waals surface area contributed by atoms with E-state index in [1.54, 1.807) is 0 Å². The van der Waals surface area contributed by atoms with Crippen LogP contribution in [0.4, 0.5) is 0 Å². The SMILES string of the molecule is CCOCCS(=O)(=O)NCC(=O)N1CCC[C@H]1[C@H](CC)c1ccccc1. The molecule has 0 unspecified atom stereocenters. The highest BCUT2D eigenvalue weighted by Gasteiger charge is 2.34. The molecule has 0 saturated carbocycles. The van der Waals surface area contributed by atoms with Gasteiger partial charge in [0.25, 0.3) is 0 Å². The highest BCUT2D eigenvalue weighted by atomic mass is 32.2. The molecule has 0 aliphatic carbocycles. The van der Waals surface area contributed by atoms with E-state index in [-0.39, 0.29) is 36.8 Å². The number of ether oxygens (including phenoxy) is 1. The molecule has 1 N–H and O–H groups in total. The molecule has 0 radical (unpaired) electrons. The molecule has 1 aromatic rings. The van der Waals surface area contributed by atoms with Gasteiger partial charge >= 0.3 is 0 Å². The minimum Gasteiger partial charge on any atom is -0.381 e. The third-order valence-electron chi connectivity index (χ3n) is 4.90. The normalized spacial score (nSPS) is 18.8. The summed E-state index contributed by atoms with van der Waals surface area (Å²) in [5, 5.41) is 0. The van der Waals surface area contributed by atoms with Crippen molar-refractivity contribution in [3.63, 3.8) is 0 Å². The standard InChI is InChI=1S/C19H30N2O4S/c1-3-17(16-9-6-5-7-10-16)18-11-8-12-21(18)19(22)15-20-26(23,24)14-13-25-4-2/h5-7,9-10,17-18,20H,3-4,8,11-15H2,1-2H3/t17-,18+/m1/s1. The van der Waals surface area contributed by atoms with E-state index >= 15 is 0 Å². The zero-order chi connectivity index (χ0) is 19.0. The van der Waals surface area contributed by atoms with Crippen LogP contribution in [0.2, 0.25) is 0 Å². The fraction of sp³-hybridized carbons (Fsp3) is 0.632. The predicted octanol–water partition coefficient (Wildman–Crippen LogP) is 2.13. The van der Waals surface area contributed by atoms with Crippen LogP contribution in [0, 0.1) is 0 Å². The Morgan fingerprint density at radius 1 is 1.31 bits per heavy atom. The molecule has 26 heavy (non-hydrogen) atoms. The van der Waals surface area contributed by atoms with Crippen LogP contribution in [0.1, 0.15) is 44.6 Å². The van der Waals surface area contributed by atoms with Crippen LogP contribution in [0.5, 0.6) is 0 Å². The Balaban J connectivity index is 1.97. The first kappa shape index (κ1) is 20.9. The molecule has 7 heteroatoms. The van der Waals surface area contributed by atoms with E-state index in [1.165, 1.54) is 5.56 Å². The predicted molar refractivity (Wildman–Crippen MR) is 102 cm³/mol. The number of benzene rings is 1. The number of nitrogens with one attached hydrogen (secondary N) is 1. The molecule has 0 bridgehead atoms. The van der Waals surface area contributed by atoms with Crippen molar-refractivity contribution in [2.45, 2.75) is 45.1 Å². The fourth-order valence-corrected chi connectivity index (χ4v) is 4.43. The molecule has 1 aliphatic heterocycles. The maximum Gasteiger partial charge on any atom is 0.237 e. The van der Waals surface area contributed by atoms with Crippen molar-refractivity contribution >= 4 is 15.9 Å². The van der Waals surface area contributed by atoms with Crippen molar-refractivity contribution < 1.29 is 17.9 Å². The molecule has 1 saturated heterocycles. The first-order chi connectivity index (χ1) is 12.5. The Bertz CT molecular complexity index is 663. The summed E-state index contributed by atoms with van der Waals surface area (Å²) in [7, 11) is -3.50. The zero-order valence-electron chi connectivity index (χ0n) is 15.7. The van der Waals surface area contributed by atoms with Gasteiger partial charge in [0.2, 0.25) is 15.9 Å². The quantitative estimate of drug-likeness (QED) is 0.629. The lowest BCUT2D eigenvalue weighted by atomic mass is 9.87. The second-order valence-electron chi connectivity index (χ2n) is 6.56. The van der Waals surface area contributed by atoms with Crippen LogP contribution in [-0.4, -0.2) is 57.3 Å². The highest BCUT2D eigenvalue weighted by molar-refractivity contribution is 7.89. The third-order valence-corrected chi connectivity index (χ3v) is 6.18. The van der Waals surface area contributed by atoms with Crippen molar-refractivity contribution in [1.82, 2.24) is 9.62 Å². The van der Waals surface area contributed by atoms with E-state index in [4.69, 9.17) is 4.74 Å². The number of sulfonamides is 1. The van der Waals surface area contributed by atoms with Gasteiger partial charge < -0.3 is 9.64 Å². The number of nitrogens with zero attached hydrogens (tertiary/aromatic N) is 1. The maximum absolute atomic E-state index is 12.7. The van der Waals surface area contributed by atoms with Gasteiger partial charge in [-0.1, -0.05) is 37.3 Å². The molecule has 1 fully saturated rings. The van der Waals surface area contributed by atoms with Crippen molar-refractivity contribution in [2.24, 2.45) is 0 Å². The molecular formula is C19H30N2O4S. The van der Waals surface area contributed by atoms with Crippen molar-refractivity contribution in [3.05, 3.63) is 35.9 Å². The molecule has 2 rings (SSSR count). The summed E-state index contributed by atoms with van der Waals surface area (Å²) in [4.78, 5) is 14.5. The fourth-order valence-electron chi connectivity index (χ4n) is 3.61. The Kier molecular flexibility index (Phi) is 8.06. The molecule has 0 aromatic heterocycles. The topological polar surface area (TPSA) is 75.7 Å². The van der Waals surface area contributed by atoms with Crippen LogP contribution in [0.3, 0.4) is 0 Å². The average Bonchev–Trinajstić information content (AvgIpc) is 3.11. The zero-order valence-corrected chi connectivity index (χ0v) is 16.5. The molecule has 1 aliphatic rings. The van der Waals surface area contributed by atoms with Gasteiger partial charge in [0.15, 0.2) is 0 Å². The molecule has 1 heterocycles. The highest BCUT2D eigenvalue weighted by Crippen LogP contribution is 2.33. The van der Waals surface area contributed by atoms with Crippen LogP contribution in [0.25, 0.3) is 0 Å². The number of likely N-dealkylation sites (tertiary alicyclic amines) is 1. The number of carbonyl (C=O) groups excluding carboxylic acids is 1. The van der Waals surface area contributed by atoms with Gasteiger partial charge in [-0.15, -0.1) is 0 Å². The van der Waals surface area contributed by atoms with E-state index in [2.05, 4.69) is 23.8 Å². The van der Waals surface area contributed by atoms with E-state index in [9.17, 15) is 13.2 Å². The summed E-state index contributed by atoms with van der Waals surface area (Å²) in [6.45, 7) is 5.06. The number of carbonyl (C=O) groups is 1. The van der Waals surface area contributed by atoms with Gasteiger partial charge in [0.1, 0.15) is 0 Å². The van der Waals surface area contributed by atoms with Gasteiger partial charge in [0.05, 0.1) is 18.9 Å². The molecular weight excluding hydrogens is 352 g/mol. The van der Waals surface area contributed by atoms with Crippen molar-refractivity contribution in [1.29, 1.82) is 0 Å². The lowest BCUT2D eigenvalue weighted by Gasteiger charge is -2.31. The Hall–Kier alpha value is -1.44. The first-order valence-electron chi connectivity index (χ1n) is 9.38. The lowest BCUT2D eigenvalue weighted by molar-refractivity contribution is -0.131. The summed E-state index contributed by atoms with van der Waals surface area (Å²) in [5.74, 6) is -0.00170. The minimum absolute atomic E-state index is 0.126. The van der Waals surface area contributed by atoms with Crippen LogP contribution >= 0.6 is 0 Å². The van der Waals surface area contributed by atoms with Gasteiger partial charge in [-0.05, 0) is 31.7 Å². The summed E-state index contributed by atoms with van der Waals surface area (Å²) in [6.07, 6.45) is 2.85. The van der Waals surface area contributed by atoms with Crippen molar-refractivity contribution in [3.8, 4) is 0 Å². The number of amides is 1. The largest absolute Gasteiger partial charge is 0.381 e. The maximum atomic E-state index is 12.7. The second-order valence-corrected chi connectivity index (χ2v) is 8.49. The monoisotopic (exact) mass is 382 g/mol. The number of hydrogen-bond acceptors (Lipinski definition) is 4. The van der Waals surface area contributed by atoms with E-state index in [0.29, 0.717) is 13.2 Å². The van der Waals surface area contributed by atoms with E-state index in [1.807, 2.05) is 30.0 Å². The second kappa shape index (κ2) is 10.0. The summed E-state index contributed by atoms with van der Waals surface area (Å²) < 4.78 is 31.4. The van der Waals surface area contributed by atoms with Crippen LogP contribution < -0.4 is 4.72 Å². The smallest absolute Gasteiger partial charge is 0.237 e. The molecule has 6 nitrogen and oxygen atoms in total. The lowest BCUT2D eigenvalue weighted by Crippen LogP contribution is -2.45. The minimum atomic E-state index is -3.50. The summed E-state index contributed by atoms with van der Waals surface area (Å²) >= 11 is 0. The molecule has 1 aromatic carbocycles. The Morgan fingerprint density at radius 3 is 2.69 bits per heavy atom. The van der Waals surface area contributed by atoms with Gasteiger partial charge in [-0.3, -0.25) is 4.79 Å². The number of hydrogen-bond donors (Lipinski definition) is 1. The number of rotatable bonds is 10. The van der Waals surface area contributed by atoms with Gasteiger partial charge in [-0.25, -0.2) is 13.1 Å². The summed E-state index contributed by atoms with van der Waals surface area (Å²) in [6, 6.07) is 10.4. The first-order valence-corrected chi connectivity index (χ1v) is 11.0. The van der Waals surface area contributed by atoms with Gasteiger partial charge in [0, 0.05) is 25.1 Å².